The molecule has 0 aromatic rings. The van der Waals surface area contributed by atoms with E-state index in [1.807, 2.05) is 0 Å². The van der Waals surface area contributed by atoms with E-state index in [0.717, 1.165) is 38.5 Å². The Bertz CT molecular complexity index is 354. The molecule has 0 aromatic heterocycles. The first-order valence-corrected chi connectivity index (χ1v) is 11.0. The molecule has 0 radical (unpaired) electrons. The fourth-order valence-corrected chi connectivity index (χ4v) is 3.26. The minimum atomic E-state index is -3.88. The van der Waals surface area contributed by atoms with E-state index in [4.69, 9.17) is 4.55 Å². The minimum Gasteiger partial charge on any atom is -0.393 e. The average molecular weight is 351 g/mol. The molecule has 0 heterocycles. The summed E-state index contributed by atoms with van der Waals surface area (Å²) in [4.78, 5) is 0. The lowest BCUT2D eigenvalue weighted by atomic mass is 10.0. The molecule has 140 valence electrons. The molecule has 0 rings (SSSR count). The van der Waals surface area contributed by atoms with Crippen LogP contribution in [0.1, 0.15) is 104 Å². The molecule has 0 aliphatic heterocycles. The van der Waals surface area contributed by atoms with Crippen LogP contribution in [0.15, 0.2) is 0 Å². The van der Waals surface area contributed by atoms with Gasteiger partial charge in [-0.2, -0.15) is 8.42 Å². The molecular formula is C18H38O4S. The van der Waals surface area contributed by atoms with E-state index < -0.39 is 15.4 Å². The second kappa shape index (κ2) is 14.2. The topological polar surface area (TPSA) is 74.6 Å². The molecule has 0 saturated carbocycles. The maximum absolute atomic E-state index is 10.9. The lowest BCUT2D eigenvalue weighted by Crippen LogP contribution is -2.16. The number of hydrogen-bond donors (Lipinski definition) is 2. The molecule has 0 aromatic carbocycles. The standard InChI is InChI=1S/C18H38O4S/c1-3-4-5-6-7-8-9-12-15-18(19)16-13-10-11-14-17(2)23(20,21)22/h17-19H,3-16H2,1-2H3,(H,20,21,22). The van der Waals surface area contributed by atoms with Gasteiger partial charge >= 0.3 is 0 Å². The van der Waals surface area contributed by atoms with Crippen molar-refractivity contribution in [3.8, 4) is 0 Å². The van der Waals surface area contributed by atoms with Crippen LogP contribution < -0.4 is 0 Å². The van der Waals surface area contributed by atoms with Crippen LogP contribution in [0.2, 0.25) is 0 Å². The van der Waals surface area contributed by atoms with Gasteiger partial charge in [0.2, 0.25) is 0 Å². The van der Waals surface area contributed by atoms with E-state index in [1.165, 1.54) is 51.9 Å². The quantitative estimate of drug-likeness (QED) is 0.300. The Morgan fingerprint density at radius 2 is 1.13 bits per heavy atom. The van der Waals surface area contributed by atoms with Crippen LogP contribution >= 0.6 is 0 Å². The summed E-state index contributed by atoms with van der Waals surface area (Å²) < 4.78 is 30.6. The van der Waals surface area contributed by atoms with Crippen molar-refractivity contribution in [3.05, 3.63) is 0 Å². The van der Waals surface area contributed by atoms with E-state index in [1.54, 1.807) is 0 Å². The van der Waals surface area contributed by atoms with E-state index in [0.29, 0.717) is 6.42 Å². The lowest BCUT2D eigenvalue weighted by molar-refractivity contribution is 0.147. The smallest absolute Gasteiger partial charge is 0.267 e. The van der Waals surface area contributed by atoms with E-state index >= 15 is 0 Å². The number of aliphatic hydroxyl groups is 1. The second-order valence-corrected chi connectivity index (χ2v) is 8.72. The summed E-state index contributed by atoms with van der Waals surface area (Å²) in [6.07, 6.45) is 14.9. The predicted molar refractivity (Wildman–Crippen MR) is 97.3 cm³/mol. The maximum Gasteiger partial charge on any atom is 0.267 e. The first-order valence-electron chi connectivity index (χ1n) is 9.52. The predicted octanol–water partition coefficient (Wildman–Crippen LogP) is 5.10. The molecule has 0 saturated heterocycles. The second-order valence-electron chi connectivity index (χ2n) is 6.88. The van der Waals surface area contributed by atoms with Crippen LogP contribution in [0.25, 0.3) is 0 Å². The number of aliphatic hydroxyl groups excluding tert-OH is 1. The Kier molecular flexibility index (Phi) is 14.2. The molecule has 0 bridgehead atoms. The normalized spacial score (nSPS) is 14.8. The van der Waals surface area contributed by atoms with Gasteiger partial charge < -0.3 is 5.11 Å². The van der Waals surface area contributed by atoms with Gasteiger partial charge in [0.25, 0.3) is 10.1 Å². The van der Waals surface area contributed by atoms with Gasteiger partial charge in [-0.1, -0.05) is 77.6 Å². The van der Waals surface area contributed by atoms with Crippen LogP contribution in [-0.2, 0) is 10.1 Å². The van der Waals surface area contributed by atoms with Gasteiger partial charge in [0.15, 0.2) is 0 Å². The van der Waals surface area contributed by atoms with E-state index in [2.05, 4.69) is 6.92 Å². The molecule has 0 fully saturated rings. The first kappa shape index (κ1) is 22.9. The van der Waals surface area contributed by atoms with Crippen LogP contribution in [0.4, 0.5) is 0 Å². The van der Waals surface area contributed by atoms with Crippen molar-refractivity contribution in [1.29, 1.82) is 0 Å². The van der Waals surface area contributed by atoms with Gasteiger partial charge in [-0.15, -0.1) is 0 Å². The summed E-state index contributed by atoms with van der Waals surface area (Å²) in [6, 6.07) is 0. The highest BCUT2D eigenvalue weighted by atomic mass is 32.2. The Hall–Kier alpha value is -0.130. The van der Waals surface area contributed by atoms with Gasteiger partial charge in [-0.05, 0) is 26.2 Å². The third-order valence-corrected chi connectivity index (χ3v) is 5.80. The highest BCUT2D eigenvalue weighted by Gasteiger charge is 2.16. The summed E-state index contributed by atoms with van der Waals surface area (Å²) >= 11 is 0. The van der Waals surface area contributed by atoms with Crippen LogP contribution in [-0.4, -0.2) is 29.4 Å². The highest BCUT2D eigenvalue weighted by molar-refractivity contribution is 7.86. The van der Waals surface area contributed by atoms with Gasteiger partial charge in [0, 0.05) is 0 Å². The van der Waals surface area contributed by atoms with Crippen molar-refractivity contribution in [2.75, 3.05) is 0 Å². The zero-order valence-electron chi connectivity index (χ0n) is 15.2. The summed E-state index contributed by atoms with van der Waals surface area (Å²) in [5, 5.41) is 9.25. The summed E-state index contributed by atoms with van der Waals surface area (Å²) in [7, 11) is -3.88. The van der Waals surface area contributed by atoms with Gasteiger partial charge in [0.05, 0.1) is 11.4 Å². The van der Waals surface area contributed by atoms with Crippen molar-refractivity contribution >= 4 is 10.1 Å². The number of unbranched alkanes of at least 4 members (excludes halogenated alkanes) is 9. The van der Waals surface area contributed by atoms with Crippen molar-refractivity contribution < 1.29 is 18.1 Å². The molecule has 4 nitrogen and oxygen atoms in total. The molecular weight excluding hydrogens is 312 g/mol. The fourth-order valence-electron chi connectivity index (χ4n) is 2.80. The third-order valence-electron chi connectivity index (χ3n) is 4.55. The molecule has 2 N–H and O–H groups in total. The molecule has 23 heavy (non-hydrogen) atoms. The fraction of sp³-hybridized carbons (Fsp3) is 1.00. The van der Waals surface area contributed by atoms with E-state index in [-0.39, 0.29) is 6.10 Å². The molecule has 2 atom stereocenters. The maximum atomic E-state index is 10.9. The number of hydrogen-bond acceptors (Lipinski definition) is 3. The Balaban J connectivity index is 3.36. The highest BCUT2D eigenvalue weighted by Crippen LogP contribution is 2.15. The molecule has 2 unspecified atom stereocenters. The third kappa shape index (κ3) is 15.2. The Labute approximate surface area is 143 Å². The summed E-state index contributed by atoms with van der Waals surface area (Å²) in [5.74, 6) is 0. The lowest BCUT2D eigenvalue weighted by Gasteiger charge is -2.11. The van der Waals surface area contributed by atoms with Crippen LogP contribution in [0.5, 0.6) is 0 Å². The Morgan fingerprint density at radius 3 is 1.61 bits per heavy atom. The molecule has 0 spiro atoms. The Morgan fingerprint density at radius 1 is 0.739 bits per heavy atom. The zero-order valence-corrected chi connectivity index (χ0v) is 16.0. The first-order chi connectivity index (χ1) is 10.9. The van der Waals surface area contributed by atoms with Gasteiger partial charge in [0.1, 0.15) is 0 Å². The molecule has 5 heteroatoms. The molecule has 0 amide bonds. The van der Waals surface area contributed by atoms with Crippen LogP contribution in [0, 0.1) is 0 Å². The van der Waals surface area contributed by atoms with Crippen molar-refractivity contribution in [1.82, 2.24) is 0 Å². The average Bonchev–Trinajstić information content (AvgIpc) is 2.48. The van der Waals surface area contributed by atoms with Gasteiger partial charge in [-0.3, -0.25) is 4.55 Å². The van der Waals surface area contributed by atoms with Crippen molar-refractivity contribution in [2.24, 2.45) is 0 Å². The van der Waals surface area contributed by atoms with Crippen molar-refractivity contribution in [3.63, 3.8) is 0 Å². The number of rotatable bonds is 16. The van der Waals surface area contributed by atoms with E-state index in [9.17, 15) is 13.5 Å². The minimum absolute atomic E-state index is 0.214. The summed E-state index contributed by atoms with van der Waals surface area (Å²) in [6.45, 7) is 3.77. The van der Waals surface area contributed by atoms with Gasteiger partial charge in [-0.25, -0.2) is 0 Å². The van der Waals surface area contributed by atoms with Crippen LogP contribution in [0.3, 0.4) is 0 Å². The van der Waals surface area contributed by atoms with Crippen molar-refractivity contribution in [2.45, 2.75) is 115 Å². The largest absolute Gasteiger partial charge is 0.393 e. The molecule has 0 aliphatic rings. The SMILES string of the molecule is CCCCCCCCCCC(O)CCCCCC(C)S(=O)(=O)O. The monoisotopic (exact) mass is 350 g/mol. The zero-order chi connectivity index (χ0) is 17.6. The molecule has 0 aliphatic carbocycles. The summed E-state index contributed by atoms with van der Waals surface area (Å²) in [5.41, 5.74) is 0.